The van der Waals surface area contributed by atoms with E-state index in [1.165, 1.54) is 32.1 Å². The first-order valence-corrected chi connectivity index (χ1v) is 7.92. The summed E-state index contributed by atoms with van der Waals surface area (Å²) in [5.41, 5.74) is 0. The first-order valence-electron chi connectivity index (χ1n) is 7.92. The molecular formula is C16H28O2. The van der Waals surface area contributed by atoms with E-state index in [0.717, 1.165) is 37.0 Å². The number of rotatable bonds is 5. The highest BCUT2D eigenvalue weighted by molar-refractivity contribution is 5.70. The average Bonchev–Trinajstić information content (AvgIpc) is 2.79. The molecule has 1 saturated heterocycles. The summed E-state index contributed by atoms with van der Waals surface area (Å²) in [6.07, 6.45) is 10.9. The third-order valence-corrected chi connectivity index (χ3v) is 5.11. The lowest BCUT2D eigenvalue weighted by Gasteiger charge is -2.25. The van der Waals surface area contributed by atoms with Crippen molar-refractivity contribution in [3.05, 3.63) is 0 Å². The highest BCUT2D eigenvalue weighted by Crippen LogP contribution is 2.42. The maximum atomic E-state index is 11.3. The van der Waals surface area contributed by atoms with Crippen molar-refractivity contribution in [3.8, 4) is 0 Å². The SMILES string of the molecule is CCC1CC(CC)C(CCC2CCCC(=O)O2)C1. The first-order chi connectivity index (χ1) is 8.72. The average molecular weight is 252 g/mol. The van der Waals surface area contributed by atoms with Gasteiger partial charge >= 0.3 is 5.97 Å². The van der Waals surface area contributed by atoms with E-state index >= 15 is 0 Å². The van der Waals surface area contributed by atoms with E-state index in [1.54, 1.807) is 0 Å². The van der Waals surface area contributed by atoms with E-state index in [4.69, 9.17) is 4.74 Å². The third-order valence-electron chi connectivity index (χ3n) is 5.11. The molecule has 0 aromatic carbocycles. The Morgan fingerprint density at radius 2 is 1.89 bits per heavy atom. The highest BCUT2D eigenvalue weighted by atomic mass is 16.5. The van der Waals surface area contributed by atoms with Crippen molar-refractivity contribution in [3.63, 3.8) is 0 Å². The molecule has 2 aliphatic rings. The molecule has 1 aliphatic heterocycles. The molecule has 0 aromatic rings. The van der Waals surface area contributed by atoms with E-state index in [-0.39, 0.29) is 12.1 Å². The molecule has 2 rings (SSSR count). The van der Waals surface area contributed by atoms with Crippen LogP contribution in [0.3, 0.4) is 0 Å². The normalized spacial score (nSPS) is 36.7. The fourth-order valence-electron chi connectivity index (χ4n) is 3.91. The first kappa shape index (κ1) is 13.9. The minimum absolute atomic E-state index is 0.0242. The van der Waals surface area contributed by atoms with Gasteiger partial charge < -0.3 is 4.74 Å². The quantitative estimate of drug-likeness (QED) is 0.681. The summed E-state index contributed by atoms with van der Waals surface area (Å²) >= 11 is 0. The smallest absolute Gasteiger partial charge is 0.306 e. The Labute approximate surface area is 111 Å². The van der Waals surface area contributed by atoms with Crippen molar-refractivity contribution < 1.29 is 9.53 Å². The van der Waals surface area contributed by atoms with Crippen molar-refractivity contribution in [2.45, 2.75) is 77.7 Å². The van der Waals surface area contributed by atoms with E-state index < -0.39 is 0 Å². The lowest BCUT2D eigenvalue weighted by atomic mass is 9.88. The molecule has 4 atom stereocenters. The zero-order chi connectivity index (χ0) is 13.0. The molecule has 2 fully saturated rings. The second kappa shape index (κ2) is 6.58. The number of ether oxygens (including phenoxy) is 1. The molecule has 1 heterocycles. The third kappa shape index (κ3) is 3.49. The van der Waals surface area contributed by atoms with Crippen LogP contribution in [0.15, 0.2) is 0 Å². The number of carbonyl (C=O) groups is 1. The summed E-state index contributed by atoms with van der Waals surface area (Å²) in [5, 5.41) is 0. The van der Waals surface area contributed by atoms with Crippen LogP contribution in [-0.2, 0) is 9.53 Å². The van der Waals surface area contributed by atoms with E-state index in [2.05, 4.69) is 13.8 Å². The Balaban J connectivity index is 1.76. The molecule has 1 aliphatic carbocycles. The molecule has 0 spiro atoms. The Bertz CT molecular complexity index is 274. The standard InChI is InChI=1S/C16H28O2/c1-3-12-10-13(4-2)14(11-12)8-9-15-6-5-7-16(17)18-15/h12-15H,3-11H2,1-2H3. The number of hydrogen-bond donors (Lipinski definition) is 0. The van der Waals surface area contributed by atoms with Crippen molar-refractivity contribution in [2.24, 2.45) is 17.8 Å². The van der Waals surface area contributed by atoms with Crippen molar-refractivity contribution in [1.29, 1.82) is 0 Å². The highest BCUT2D eigenvalue weighted by Gasteiger charge is 2.32. The van der Waals surface area contributed by atoms with Crippen LogP contribution in [0.25, 0.3) is 0 Å². The van der Waals surface area contributed by atoms with Gasteiger partial charge in [-0.25, -0.2) is 0 Å². The molecule has 0 N–H and O–H groups in total. The second-order valence-corrected chi connectivity index (χ2v) is 6.26. The van der Waals surface area contributed by atoms with Crippen LogP contribution in [0.2, 0.25) is 0 Å². The van der Waals surface area contributed by atoms with Crippen LogP contribution < -0.4 is 0 Å². The van der Waals surface area contributed by atoms with Gasteiger partial charge in [0.2, 0.25) is 0 Å². The number of cyclic esters (lactones) is 1. The Morgan fingerprint density at radius 3 is 2.56 bits per heavy atom. The molecule has 104 valence electrons. The molecule has 18 heavy (non-hydrogen) atoms. The van der Waals surface area contributed by atoms with Crippen molar-refractivity contribution >= 4 is 5.97 Å². The van der Waals surface area contributed by atoms with Gasteiger partial charge in [0, 0.05) is 6.42 Å². The predicted octanol–water partition coefficient (Wildman–Crippen LogP) is 4.32. The number of hydrogen-bond acceptors (Lipinski definition) is 2. The lowest BCUT2D eigenvalue weighted by Crippen LogP contribution is -2.24. The number of carbonyl (C=O) groups excluding carboxylic acids is 1. The molecular weight excluding hydrogens is 224 g/mol. The van der Waals surface area contributed by atoms with Gasteiger partial charge in [0.25, 0.3) is 0 Å². The Morgan fingerprint density at radius 1 is 1.11 bits per heavy atom. The van der Waals surface area contributed by atoms with Crippen LogP contribution in [0.4, 0.5) is 0 Å². The fourth-order valence-corrected chi connectivity index (χ4v) is 3.91. The van der Waals surface area contributed by atoms with E-state index in [0.29, 0.717) is 6.42 Å². The molecule has 1 saturated carbocycles. The van der Waals surface area contributed by atoms with Crippen LogP contribution in [0.5, 0.6) is 0 Å². The van der Waals surface area contributed by atoms with Gasteiger partial charge in [-0.1, -0.05) is 26.7 Å². The van der Waals surface area contributed by atoms with E-state index in [1.807, 2.05) is 0 Å². The van der Waals surface area contributed by atoms with Gasteiger partial charge in [0.1, 0.15) is 6.10 Å². The zero-order valence-electron chi connectivity index (χ0n) is 12.0. The molecule has 0 bridgehead atoms. The van der Waals surface area contributed by atoms with E-state index in [9.17, 15) is 4.79 Å². The van der Waals surface area contributed by atoms with Crippen LogP contribution >= 0.6 is 0 Å². The predicted molar refractivity (Wildman–Crippen MR) is 73.3 cm³/mol. The van der Waals surface area contributed by atoms with Gasteiger partial charge in [-0.05, 0) is 56.3 Å². The summed E-state index contributed by atoms with van der Waals surface area (Å²) in [5.74, 6) is 2.79. The summed E-state index contributed by atoms with van der Waals surface area (Å²) in [6, 6.07) is 0. The van der Waals surface area contributed by atoms with Gasteiger partial charge in [-0.15, -0.1) is 0 Å². The minimum Gasteiger partial charge on any atom is -0.462 e. The maximum Gasteiger partial charge on any atom is 0.306 e. The van der Waals surface area contributed by atoms with Crippen LogP contribution in [0, 0.1) is 17.8 Å². The Hall–Kier alpha value is -0.530. The van der Waals surface area contributed by atoms with Gasteiger partial charge in [-0.3, -0.25) is 4.79 Å². The largest absolute Gasteiger partial charge is 0.462 e. The summed E-state index contributed by atoms with van der Waals surface area (Å²) in [7, 11) is 0. The molecule has 0 aromatic heterocycles. The minimum atomic E-state index is 0.0242. The zero-order valence-corrected chi connectivity index (χ0v) is 12.0. The summed E-state index contributed by atoms with van der Waals surface area (Å²) in [4.78, 5) is 11.3. The van der Waals surface area contributed by atoms with Crippen LogP contribution in [0.1, 0.15) is 71.6 Å². The number of esters is 1. The molecule has 0 radical (unpaired) electrons. The van der Waals surface area contributed by atoms with Gasteiger partial charge in [-0.2, -0.15) is 0 Å². The second-order valence-electron chi connectivity index (χ2n) is 6.26. The molecule has 2 heteroatoms. The summed E-state index contributed by atoms with van der Waals surface area (Å²) < 4.78 is 5.43. The summed E-state index contributed by atoms with van der Waals surface area (Å²) in [6.45, 7) is 4.65. The topological polar surface area (TPSA) is 26.3 Å². The van der Waals surface area contributed by atoms with Crippen LogP contribution in [-0.4, -0.2) is 12.1 Å². The van der Waals surface area contributed by atoms with Gasteiger partial charge in [0.05, 0.1) is 0 Å². The van der Waals surface area contributed by atoms with Crippen molar-refractivity contribution in [2.75, 3.05) is 0 Å². The molecule has 0 amide bonds. The monoisotopic (exact) mass is 252 g/mol. The van der Waals surface area contributed by atoms with Gasteiger partial charge in [0.15, 0.2) is 0 Å². The maximum absolute atomic E-state index is 11.3. The fraction of sp³-hybridized carbons (Fsp3) is 0.938. The molecule has 2 nitrogen and oxygen atoms in total. The lowest BCUT2D eigenvalue weighted by molar-refractivity contribution is -0.154. The van der Waals surface area contributed by atoms with Crippen molar-refractivity contribution in [1.82, 2.24) is 0 Å². The Kier molecular flexibility index (Phi) is 5.08. The molecule has 4 unspecified atom stereocenters.